The standard InChI is InChI=1S/C14H26N2O3/c1-2-14(12-16-5-9-18-10-6-16)19-13(1)11-15-3-7-17-8-4-15/h13-14H,1-12H2/t13-,14-/m1/s1. The highest BCUT2D eigenvalue weighted by molar-refractivity contribution is 4.80. The molecule has 0 bridgehead atoms. The van der Waals surface area contributed by atoms with E-state index in [9.17, 15) is 0 Å². The highest BCUT2D eigenvalue weighted by Gasteiger charge is 2.29. The first-order valence-corrected chi connectivity index (χ1v) is 7.66. The van der Waals surface area contributed by atoms with Crippen LogP contribution < -0.4 is 0 Å². The Hall–Kier alpha value is -0.200. The molecule has 3 saturated heterocycles. The van der Waals surface area contributed by atoms with Gasteiger partial charge < -0.3 is 14.2 Å². The monoisotopic (exact) mass is 270 g/mol. The summed E-state index contributed by atoms with van der Waals surface area (Å²) in [6.45, 7) is 9.94. The van der Waals surface area contributed by atoms with Crippen molar-refractivity contribution in [2.75, 3.05) is 65.7 Å². The van der Waals surface area contributed by atoms with Gasteiger partial charge in [-0.15, -0.1) is 0 Å². The Morgan fingerprint density at radius 3 is 1.53 bits per heavy atom. The fourth-order valence-electron chi connectivity index (χ4n) is 3.19. The van der Waals surface area contributed by atoms with Crippen LogP contribution >= 0.6 is 0 Å². The third-order valence-corrected chi connectivity index (χ3v) is 4.33. The van der Waals surface area contributed by atoms with E-state index in [4.69, 9.17) is 14.2 Å². The van der Waals surface area contributed by atoms with Crippen molar-refractivity contribution in [1.82, 2.24) is 9.80 Å². The Bertz CT molecular complexity index is 239. The van der Waals surface area contributed by atoms with Gasteiger partial charge in [-0.25, -0.2) is 0 Å². The number of nitrogens with zero attached hydrogens (tertiary/aromatic N) is 2. The van der Waals surface area contributed by atoms with Crippen molar-refractivity contribution in [2.24, 2.45) is 0 Å². The van der Waals surface area contributed by atoms with Gasteiger partial charge in [0.05, 0.1) is 38.6 Å². The van der Waals surface area contributed by atoms with Crippen LogP contribution in [-0.2, 0) is 14.2 Å². The number of hydrogen-bond acceptors (Lipinski definition) is 5. The van der Waals surface area contributed by atoms with Gasteiger partial charge in [0.1, 0.15) is 0 Å². The molecule has 3 heterocycles. The lowest BCUT2D eigenvalue weighted by Crippen LogP contribution is -2.42. The first-order valence-electron chi connectivity index (χ1n) is 7.66. The molecule has 0 spiro atoms. The fourth-order valence-corrected chi connectivity index (χ4v) is 3.19. The molecule has 0 saturated carbocycles. The van der Waals surface area contributed by atoms with Crippen LogP contribution in [0.3, 0.4) is 0 Å². The van der Waals surface area contributed by atoms with Crippen LogP contribution in [0.5, 0.6) is 0 Å². The van der Waals surface area contributed by atoms with E-state index in [-0.39, 0.29) is 0 Å². The van der Waals surface area contributed by atoms with Crippen LogP contribution in [0.4, 0.5) is 0 Å². The largest absolute Gasteiger partial charge is 0.379 e. The van der Waals surface area contributed by atoms with Crippen molar-refractivity contribution in [3.63, 3.8) is 0 Å². The average Bonchev–Trinajstić information content (AvgIpc) is 2.88. The first kappa shape index (κ1) is 13.8. The number of rotatable bonds is 4. The van der Waals surface area contributed by atoms with E-state index in [2.05, 4.69) is 9.80 Å². The summed E-state index contributed by atoms with van der Waals surface area (Å²) in [4.78, 5) is 4.95. The normalized spacial score (nSPS) is 34.7. The molecule has 2 atom stereocenters. The van der Waals surface area contributed by atoms with Gasteiger partial charge >= 0.3 is 0 Å². The van der Waals surface area contributed by atoms with Crippen molar-refractivity contribution in [2.45, 2.75) is 25.0 Å². The molecular weight excluding hydrogens is 244 g/mol. The number of morpholine rings is 2. The zero-order valence-electron chi connectivity index (χ0n) is 11.8. The van der Waals surface area contributed by atoms with Gasteiger partial charge in [0.25, 0.3) is 0 Å². The molecule has 0 aromatic heterocycles. The number of ether oxygens (including phenoxy) is 3. The molecule has 0 unspecified atom stereocenters. The molecule has 110 valence electrons. The van der Waals surface area contributed by atoms with Crippen LogP contribution in [0.2, 0.25) is 0 Å². The Kier molecular flexibility index (Phi) is 5.07. The lowest BCUT2D eigenvalue weighted by molar-refractivity contribution is -0.0311. The van der Waals surface area contributed by atoms with E-state index in [0.717, 1.165) is 65.7 Å². The molecule has 0 aromatic rings. The zero-order valence-corrected chi connectivity index (χ0v) is 11.8. The minimum atomic E-state index is 0.434. The van der Waals surface area contributed by atoms with E-state index < -0.39 is 0 Å². The topological polar surface area (TPSA) is 34.2 Å². The van der Waals surface area contributed by atoms with Gasteiger partial charge in [0.15, 0.2) is 0 Å². The van der Waals surface area contributed by atoms with Crippen LogP contribution in [0.1, 0.15) is 12.8 Å². The molecule has 3 aliphatic heterocycles. The van der Waals surface area contributed by atoms with Crippen molar-refractivity contribution >= 4 is 0 Å². The maximum absolute atomic E-state index is 6.20. The summed E-state index contributed by atoms with van der Waals surface area (Å²) in [5.74, 6) is 0. The van der Waals surface area contributed by atoms with Crippen LogP contribution in [0.15, 0.2) is 0 Å². The third-order valence-electron chi connectivity index (χ3n) is 4.33. The third kappa shape index (κ3) is 4.13. The summed E-state index contributed by atoms with van der Waals surface area (Å²) < 4.78 is 17.0. The summed E-state index contributed by atoms with van der Waals surface area (Å²) >= 11 is 0. The maximum Gasteiger partial charge on any atom is 0.0707 e. The molecule has 3 rings (SSSR count). The van der Waals surface area contributed by atoms with Crippen LogP contribution in [0, 0.1) is 0 Å². The van der Waals surface area contributed by atoms with E-state index in [1.807, 2.05) is 0 Å². The highest BCUT2D eigenvalue weighted by Crippen LogP contribution is 2.22. The van der Waals surface area contributed by atoms with Gasteiger partial charge in [-0.1, -0.05) is 0 Å². The predicted octanol–water partition coefficient (Wildman–Crippen LogP) is 0.198. The molecule has 3 aliphatic rings. The predicted molar refractivity (Wildman–Crippen MR) is 72.4 cm³/mol. The van der Waals surface area contributed by atoms with E-state index >= 15 is 0 Å². The molecule has 3 fully saturated rings. The van der Waals surface area contributed by atoms with Crippen LogP contribution in [0.25, 0.3) is 0 Å². The Labute approximate surface area is 115 Å². The van der Waals surface area contributed by atoms with Crippen molar-refractivity contribution < 1.29 is 14.2 Å². The Balaban J connectivity index is 1.37. The first-order chi connectivity index (χ1) is 9.40. The summed E-state index contributed by atoms with van der Waals surface area (Å²) in [7, 11) is 0. The second kappa shape index (κ2) is 6.99. The lowest BCUT2D eigenvalue weighted by Gasteiger charge is -2.30. The smallest absolute Gasteiger partial charge is 0.0707 e. The molecule has 5 nitrogen and oxygen atoms in total. The fraction of sp³-hybridized carbons (Fsp3) is 1.00. The lowest BCUT2D eigenvalue weighted by atomic mass is 10.1. The van der Waals surface area contributed by atoms with Crippen molar-refractivity contribution in [1.29, 1.82) is 0 Å². The molecular formula is C14H26N2O3. The quantitative estimate of drug-likeness (QED) is 0.729. The summed E-state index contributed by atoms with van der Waals surface area (Å²) in [5, 5.41) is 0. The minimum Gasteiger partial charge on any atom is -0.379 e. The molecule has 19 heavy (non-hydrogen) atoms. The number of hydrogen-bond donors (Lipinski definition) is 0. The van der Waals surface area contributed by atoms with E-state index in [1.54, 1.807) is 0 Å². The maximum atomic E-state index is 6.20. The Morgan fingerprint density at radius 1 is 0.684 bits per heavy atom. The second-order valence-electron chi connectivity index (χ2n) is 5.78. The van der Waals surface area contributed by atoms with Gasteiger partial charge in [-0.2, -0.15) is 0 Å². The highest BCUT2D eigenvalue weighted by atomic mass is 16.5. The molecule has 5 heteroatoms. The molecule has 0 N–H and O–H groups in total. The SMILES string of the molecule is C1CN(C[C@H]2CC[C@H](CN3CCOCC3)O2)CCO1. The van der Waals surface area contributed by atoms with Crippen molar-refractivity contribution in [3.8, 4) is 0 Å². The average molecular weight is 270 g/mol. The summed E-state index contributed by atoms with van der Waals surface area (Å²) in [6.07, 6.45) is 3.30. The van der Waals surface area contributed by atoms with E-state index in [0.29, 0.717) is 12.2 Å². The Morgan fingerprint density at radius 2 is 1.11 bits per heavy atom. The van der Waals surface area contributed by atoms with Gasteiger partial charge in [-0.05, 0) is 12.8 Å². The second-order valence-corrected chi connectivity index (χ2v) is 5.78. The zero-order chi connectivity index (χ0) is 12.9. The van der Waals surface area contributed by atoms with Gasteiger partial charge in [0, 0.05) is 39.3 Å². The molecule has 0 aliphatic carbocycles. The summed E-state index contributed by atoms with van der Waals surface area (Å²) in [5.41, 5.74) is 0. The van der Waals surface area contributed by atoms with Crippen molar-refractivity contribution in [3.05, 3.63) is 0 Å². The van der Waals surface area contributed by atoms with Gasteiger partial charge in [0.2, 0.25) is 0 Å². The molecule has 0 aromatic carbocycles. The minimum absolute atomic E-state index is 0.434. The molecule has 0 radical (unpaired) electrons. The van der Waals surface area contributed by atoms with E-state index in [1.165, 1.54) is 12.8 Å². The van der Waals surface area contributed by atoms with Crippen LogP contribution in [-0.4, -0.2) is 87.7 Å². The molecule has 0 amide bonds. The summed E-state index contributed by atoms with van der Waals surface area (Å²) in [6, 6.07) is 0. The van der Waals surface area contributed by atoms with Gasteiger partial charge in [-0.3, -0.25) is 9.80 Å².